The average Bonchev–Trinajstić information content (AvgIpc) is 3.05. The molecule has 1 aromatic heterocycles. The van der Waals surface area contributed by atoms with Crippen LogP contribution in [0.2, 0.25) is 0 Å². The van der Waals surface area contributed by atoms with Gasteiger partial charge in [-0.15, -0.1) is 0 Å². The molecule has 3 heterocycles. The molecule has 8 heteroatoms. The minimum absolute atomic E-state index is 0.00600. The first-order valence-electron chi connectivity index (χ1n) is 10.8. The van der Waals surface area contributed by atoms with Gasteiger partial charge in [0, 0.05) is 32.4 Å². The Hall–Kier alpha value is -3.26. The van der Waals surface area contributed by atoms with E-state index in [1.165, 1.54) is 17.0 Å². The smallest absolute Gasteiger partial charge is 0.277 e. The van der Waals surface area contributed by atoms with Gasteiger partial charge in [-0.25, -0.2) is 9.37 Å². The molecule has 0 bridgehead atoms. The zero-order chi connectivity index (χ0) is 22.7. The Morgan fingerprint density at radius 3 is 2.28 bits per heavy atom. The summed E-state index contributed by atoms with van der Waals surface area (Å²) in [5.41, 5.74) is 1.25. The second-order valence-corrected chi connectivity index (χ2v) is 8.07. The topological polar surface area (TPSA) is 66.0 Å². The van der Waals surface area contributed by atoms with Crippen LogP contribution in [-0.4, -0.2) is 72.0 Å². The van der Waals surface area contributed by atoms with Crippen LogP contribution in [0.4, 0.5) is 10.2 Å². The predicted octanol–water partition coefficient (Wildman–Crippen LogP) is 2.55. The molecule has 0 atom stereocenters. The summed E-state index contributed by atoms with van der Waals surface area (Å²) in [6.07, 6.45) is 1.76. The summed E-state index contributed by atoms with van der Waals surface area (Å²) in [5.74, 6) is -0.191. The van der Waals surface area contributed by atoms with Gasteiger partial charge in [-0.2, -0.15) is 0 Å². The van der Waals surface area contributed by atoms with Crippen LogP contribution < -0.4 is 4.90 Å². The van der Waals surface area contributed by atoms with E-state index in [0.29, 0.717) is 43.0 Å². The Labute approximate surface area is 187 Å². The van der Waals surface area contributed by atoms with E-state index in [2.05, 4.69) is 9.88 Å². The van der Waals surface area contributed by atoms with Crippen LogP contribution in [0.15, 0.2) is 54.4 Å². The van der Waals surface area contributed by atoms with Gasteiger partial charge in [0.05, 0.1) is 24.8 Å². The summed E-state index contributed by atoms with van der Waals surface area (Å²) >= 11 is 0. The van der Waals surface area contributed by atoms with Gasteiger partial charge in [-0.05, 0) is 43.7 Å². The Morgan fingerprint density at radius 2 is 1.66 bits per heavy atom. The second kappa shape index (κ2) is 9.48. The molecule has 4 rings (SSSR count). The first kappa shape index (κ1) is 22.0. The summed E-state index contributed by atoms with van der Waals surface area (Å²) in [6.45, 7) is 6.76. The number of piperazine rings is 1. The van der Waals surface area contributed by atoms with Gasteiger partial charge in [-0.3, -0.25) is 14.5 Å². The number of hydrogen-bond donors (Lipinski definition) is 0. The number of carbonyl (C=O) groups excluding carboxylic acids is 2. The van der Waals surface area contributed by atoms with E-state index in [0.717, 1.165) is 5.82 Å². The monoisotopic (exact) mass is 438 g/mol. The highest BCUT2D eigenvalue weighted by molar-refractivity contribution is 6.35. The van der Waals surface area contributed by atoms with Crippen molar-refractivity contribution in [2.45, 2.75) is 20.0 Å². The quantitative estimate of drug-likeness (QED) is 0.619. The molecule has 7 nitrogen and oxygen atoms in total. The Kier molecular flexibility index (Phi) is 6.50. The molecular weight excluding hydrogens is 411 g/mol. The lowest BCUT2D eigenvalue weighted by atomic mass is 10.0. The maximum absolute atomic E-state index is 13.5. The molecule has 1 saturated heterocycles. The maximum Gasteiger partial charge on any atom is 0.277 e. The second-order valence-electron chi connectivity index (χ2n) is 8.07. The molecule has 0 spiro atoms. The van der Waals surface area contributed by atoms with Crippen molar-refractivity contribution in [2.24, 2.45) is 0 Å². The van der Waals surface area contributed by atoms with E-state index < -0.39 is 0 Å². The zero-order valence-corrected chi connectivity index (χ0v) is 18.3. The lowest BCUT2D eigenvalue weighted by molar-refractivity contribution is -0.138. The number of aromatic nitrogens is 1. The number of anilines is 1. The predicted molar refractivity (Wildman–Crippen MR) is 119 cm³/mol. The van der Waals surface area contributed by atoms with E-state index >= 15 is 0 Å². The van der Waals surface area contributed by atoms with Crippen molar-refractivity contribution in [3.8, 4) is 0 Å². The summed E-state index contributed by atoms with van der Waals surface area (Å²) in [4.78, 5) is 36.4. The highest BCUT2D eigenvalue weighted by Crippen LogP contribution is 2.32. The van der Waals surface area contributed by atoms with E-state index in [1.807, 2.05) is 36.9 Å². The number of halogens is 1. The highest BCUT2D eigenvalue weighted by atomic mass is 19.1. The first-order valence-corrected chi connectivity index (χ1v) is 10.8. The van der Waals surface area contributed by atoms with Crippen LogP contribution in [-0.2, 0) is 14.3 Å². The van der Waals surface area contributed by atoms with E-state index in [4.69, 9.17) is 4.74 Å². The molecule has 2 aliphatic rings. The molecule has 1 aromatic carbocycles. The Balaban J connectivity index is 1.59. The van der Waals surface area contributed by atoms with Gasteiger partial charge in [0.1, 0.15) is 17.3 Å². The Bertz CT molecular complexity index is 1000. The number of hydrogen-bond acceptors (Lipinski definition) is 6. The van der Waals surface area contributed by atoms with Crippen LogP contribution in [0.1, 0.15) is 19.4 Å². The van der Waals surface area contributed by atoms with Crippen molar-refractivity contribution in [1.29, 1.82) is 0 Å². The number of imide groups is 1. The summed E-state index contributed by atoms with van der Waals surface area (Å²) in [6, 6.07) is 11.5. The number of ether oxygens (including phenoxy) is 1. The van der Waals surface area contributed by atoms with Crippen LogP contribution in [0.5, 0.6) is 0 Å². The molecule has 0 N–H and O–H groups in total. The zero-order valence-electron chi connectivity index (χ0n) is 18.3. The largest absolute Gasteiger partial charge is 0.377 e. The Morgan fingerprint density at radius 1 is 0.969 bits per heavy atom. The molecule has 168 valence electrons. The van der Waals surface area contributed by atoms with E-state index in [1.54, 1.807) is 18.3 Å². The van der Waals surface area contributed by atoms with E-state index in [-0.39, 0.29) is 36.9 Å². The number of rotatable bonds is 7. The minimum Gasteiger partial charge on any atom is -0.377 e. The molecule has 2 aromatic rings. The number of carbonyl (C=O) groups is 2. The molecule has 0 radical (unpaired) electrons. The van der Waals surface area contributed by atoms with Crippen molar-refractivity contribution in [3.63, 3.8) is 0 Å². The highest BCUT2D eigenvalue weighted by Gasteiger charge is 2.42. The van der Waals surface area contributed by atoms with Crippen molar-refractivity contribution >= 4 is 23.2 Å². The molecule has 32 heavy (non-hydrogen) atoms. The maximum atomic E-state index is 13.5. The van der Waals surface area contributed by atoms with Gasteiger partial charge >= 0.3 is 0 Å². The number of amides is 2. The third-order valence-corrected chi connectivity index (χ3v) is 5.61. The fourth-order valence-electron chi connectivity index (χ4n) is 4.02. The molecule has 2 aliphatic heterocycles. The van der Waals surface area contributed by atoms with Crippen molar-refractivity contribution in [2.75, 3.05) is 44.2 Å². The number of nitrogens with zero attached hydrogens (tertiary/aromatic N) is 4. The first-order chi connectivity index (χ1) is 15.5. The van der Waals surface area contributed by atoms with Crippen LogP contribution in [0.3, 0.4) is 0 Å². The fourth-order valence-corrected chi connectivity index (χ4v) is 4.02. The van der Waals surface area contributed by atoms with Crippen molar-refractivity contribution < 1.29 is 18.7 Å². The molecule has 0 aliphatic carbocycles. The molecule has 0 unspecified atom stereocenters. The van der Waals surface area contributed by atoms with Crippen LogP contribution in [0.25, 0.3) is 5.57 Å². The lowest BCUT2D eigenvalue weighted by Gasteiger charge is -2.37. The van der Waals surface area contributed by atoms with Gasteiger partial charge in [-0.1, -0.05) is 18.2 Å². The standard InChI is InChI=1S/C24H27FN4O3/c1-17(2)32-16-15-29-23(30)21(18-6-8-19(25)9-7-18)22(24(29)31)28-13-11-27(12-14-28)20-5-3-4-10-26-20/h3-10,17H,11-16H2,1-2H3. The van der Waals surface area contributed by atoms with Crippen LogP contribution >= 0.6 is 0 Å². The normalized spacial score (nSPS) is 17.2. The summed E-state index contributed by atoms with van der Waals surface area (Å²) < 4.78 is 19.1. The van der Waals surface area contributed by atoms with Gasteiger partial charge in [0.25, 0.3) is 11.8 Å². The summed E-state index contributed by atoms with van der Waals surface area (Å²) in [7, 11) is 0. The van der Waals surface area contributed by atoms with Crippen molar-refractivity contribution in [3.05, 3.63) is 65.7 Å². The third kappa shape index (κ3) is 4.50. The molecular formula is C24H27FN4O3. The van der Waals surface area contributed by atoms with E-state index in [9.17, 15) is 14.0 Å². The molecule has 0 saturated carbocycles. The van der Waals surface area contributed by atoms with Crippen LogP contribution in [0, 0.1) is 5.82 Å². The fraction of sp³-hybridized carbons (Fsp3) is 0.375. The molecule has 1 fully saturated rings. The van der Waals surface area contributed by atoms with Gasteiger partial charge in [0.15, 0.2) is 0 Å². The average molecular weight is 439 g/mol. The minimum atomic E-state index is -0.390. The lowest BCUT2D eigenvalue weighted by Crippen LogP contribution is -2.48. The molecule has 2 amide bonds. The van der Waals surface area contributed by atoms with Gasteiger partial charge in [0.2, 0.25) is 0 Å². The third-order valence-electron chi connectivity index (χ3n) is 5.61. The van der Waals surface area contributed by atoms with Gasteiger partial charge < -0.3 is 14.5 Å². The SMILES string of the molecule is CC(C)OCCN1C(=O)C(c2ccc(F)cc2)=C(N2CCN(c3ccccn3)CC2)C1=O. The van der Waals surface area contributed by atoms with Crippen molar-refractivity contribution in [1.82, 2.24) is 14.8 Å². The summed E-state index contributed by atoms with van der Waals surface area (Å²) in [5, 5.41) is 0. The number of pyridine rings is 1. The number of benzene rings is 1.